The molecule has 0 unspecified atom stereocenters. The summed E-state index contributed by atoms with van der Waals surface area (Å²) >= 11 is 0. The van der Waals surface area contributed by atoms with Crippen LogP contribution in [0.1, 0.15) is 18.4 Å². The number of nitrogens with zero attached hydrogens (tertiary/aromatic N) is 2. The van der Waals surface area contributed by atoms with Gasteiger partial charge in [-0.2, -0.15) is 0 Å². The first kappa shape index (κ1) is 11.4. The van der Waals surface area contributed by atoms with Gasteiger partial charge in [-0.05, 0) is 26.0 Å². The molecule has 0 spiro atoms. The van der Waals surface area contributed by atoms with Crippen LogP contribution in [0.4, 0.5) is 5.82 Å². The molecule has 0 saturated carbocycles. The van der Waals surface area contributed by atoms with Crippen molar-refractivity contribution < 1.29 is 9.26 Å². The Kier molecular flexibility index (Phi) is 3.59. The van der Waals surface area contributed by atoms with Crippen LogP contribution in [0.3, 0.4) is 0 Å². The van der Waals surface area contributed by atoms with Crippen LogP contribution in [0.25, 0.3) is 0 Å². The molecule has 2 heterocycles. The predicted octanol–water partition coefficient (Wildman–Crippen LogP) is 2.39. The monoisotopic (exact) mass is 233 g/mol. The highest BCUT2D eigenvalue weighted by molar-refractivity contribution is 5.49. The van der Waals surface area contributed by atoms with Crippen LogP contribution in [0.15, 0.2) is 28.9 Å². The Morgan fingerprint density at radius 3 is 3.06 bits per heavy atom. The summed E-state index contributed by atoms with van der Waals surface area (Å²) < 4.78 is 10.5. The zero-order valence-corrected chi connectivity index (χ0v) is 9.93. The van der Waals surface area contributed by atoms with E-state index in [9.17, 15) is 0 Å². The smallest absolute Gasteiger partial charge is 0.169 e. The van der Waals surface area contributed by atoms with E-state index in [1.807, 2.05) is 32.0 Å². The van der Waals surface area contributed by atoms with E-state index in [0.717, 1.165) is 23.0 Å². The molecular weight excluding hydrogens is 218 g/mol. The van der Waals surface area contributed by atoms with Gasteiger partial charge in [-0.25, -0.2) is 4.98 Å². The molecule has 5 heteroatoms. The van der Waals surface area contributed by atoms with Gasteiger partial charge < -0.3 is 14.6 Å². The topological polar surface area (TPSA) is 60.2 Å². The first-order valence-electron chi connectivity index (χ1n) is 5.53. The third kappa shape index (κ3) is 2.96. The Bertz CT molecular complexity index is 482. The number of hydrogen-bond acceptors (Lipinski definition) is 5. The molecule has 0 atom stereocenters. The van der Waals surface area contributed by atoms with Crippen LogP contribution in [0.2, 0.25) is 0 Å². The van der Waals surface area contributed by atoms with Crippen molar-refractivity contribution in [1.82, 2.24) is 10.1 Å². The van der Waals surface area contributed by atoms with E-state index in [1.54, 1.807) is 6.20 Å². The Balaban J connectivity index is 2.03. The molecule has 0 aliphatic carbocycles. The van der Waals surface area contributed by atoms with Gasteiger partial charge in [0.2, 0.25) is 0 Å². The third-order valence-electron chi connectivity index (χ3n) is 2.18. The minimum absolute atomic E-state index is 0.564. The Hall–Kier alpha value is -2.04. The van der Waals surface area contributed by atoms with Crippen molar-refractivity contribution in [3.05, 3.63) is 35.9 Å². The molecule has 0 fully saturated rings. The first-order valence-corrected chi connectivity index (χ1v) is 5.53. The predicted molar refractivity (Wildman–Crippen MR) is 64.0 cm³/mol. The van der Waals surface area contributed by atoms with Crippen molar-refractivity contribution in [3.63, 3.8) is 0 Å². The average Bonchev–Trinajstić information content (AvgIpc) is 2.74. The van der Waals surface area contributed by atoms with Gasteiger partial charge in [-0.15, -0.1) is 0 Å². The van der Waals surface area contributed by atoms with Gasteiger partial charge in [0.1, 0.15) is 11.5 Å². The fourth-order valence-electron chi connectivity index (χ4n) is 1.47. The van der Waals surface area contributed by atoms with Crippen molar-refractivity contribution in [2.24, 2.45) is 0 Å². The molecule has 0 bridgehead atoms. The maximum Gasteiger partial charge on any atom is 0.169 e. The van der Waals surface area contributed by atoms with Gasteiger partial charge in [0.05, 0.1) is 13.2 Å². The molecule has 1 N–H and O–H groups in total. The second-order valence-electron chi connectivity index (χ2n) is 3.57. The molecule has 0 saturated heterocycles. The molecule has 0 amide bonds. The van der Waals surface area contributed by atoms with Gasteiger partial charge in [-0.1, -0.05) is 5.16 Å². The summed E-state index contributed by atoms with van der Waals surface area (Å²) in [6, 6.07) is 5.61. The fraction of sp³-hybridized carbons (Fsp3) is 0.333. The summed E-state index contributed by atoms with van der Waals surface area (Å²) in [5.41, 5.74) is 0.843. The zero-order valence-electron chi connectivity index (χ0n) is 9.93. The highest BCUT2D eigenvalue weighted by atomic mass is 16.5. The van der Waals surface area contributed by atoms with Gasteiger partial charge in [0.25, 0.3) is 0 Å². The van der Waals surface area contributed by atoms with E-state index >= 15 is 0 Å². The lowest BCUT2D eigenvalue weighted by molar-refractivity contribution is 0.340. The lowest BCUT2D eigenvalue weighted by atomic mass is 10.3. The number of hydrogen-bond donors (Lipinski definition) is 1. The van der Waals surface area contributed by atoms with Crippen LogP contribution in [0, 0.1) is 6.92 Å². The van der Waals surface area contributed by atoms with Crippen molar-refractivity contribution in [1.29, 1.82) is 0 Å². The maximum absolute atomic E-state index is 5.46. The van der Waals surface area contributed by atoms with Crippen LogP contribution in [-0.2, 0) is 6.54 Å². The van der Waals surface area contributed by atoms with E-state index in [-0.39, 0.29) is 0 Å². The molecular formula is C12H15N3O2. The SMILES string of the molecule is CCOc1cccnc1NCc1cc(C)on1. The molecule has 90 valence electrons. The first-order chi connectivity index (χ1) is 8.29. The standard InChI is InChI=1S/C12H15N3O2/c1-3-16-11-5-4-6-13-12(11)14-8-10-7-9(2)17-15-10/h4-7H,3,8H2,1-2H3,(H,13,14). The molecule has 17 heavy (non-hydrogen) atoms. The van der Waals surface area contributed by atoms with Crippen LogP contribution >= 0.6 is 0 Å². The van der Waals surface area contributed by atoms with E-state index < -0.39 is 0 Å². The summed E-state index contributed by atoms with van der Waals surface area (Å²) in [7, 11) is 0. The molecule has 2 aromatic rings. The number of rotatable bonds is 5. The fourth-order valence-corrected chi connectivity index (χ4v) is 1.47. The lowest BCUT2D eigenvalue weighted by Gasteiger charge is -2.09. The van der Waals surface area contributed by atoms with E-state index in [2.05, 4.69) is 15.5 Å². The van der Waals surface area contributed by atoms with Crippen molar-refractivity contribution in [2.75, 3.05) is 11.9 Å². The van der Waals surface area contributed by atoms with Gasteiger partial charge in [0.15, 0.2) is 11.6 Å². The Labute approximate surface area is 99.8 Å². The normalized spacial score (nSPS) is 10.2. The summed E-state index contributed by atoms with van der Waals surface area (Å²) in [4.78, 5) is 4.22. The number of ether oxygens (including phenoxy) is 1. The summed E-state index contributed by atoms with van der Waals surface area (Å²) in [6.07, 6.45) is 1.72. The van der Waals surface area contributed by atoms with Crippen molar-refractivity contribution in [2.45, 2.75) is 20.4 Å². The summed E-state index contributed by atoms with van der Waals surface area (Å²) in [6.45, 7) is 4.98. The third-order valence-corrected chi connectivity index (χ3v) is 2.18. The summed E-state index contributed by atoms with van der Waals surface area (Å²) in [5, 5.41) is 7.07. The minimum Gasteiger partial charge on any atom is -0.490 e. The highest BCUT2D eigenvalue weighted by Gasteiger charge is 2.05. The molecule has 5 nitrogen and oxygen atoms in total. The van der Waals surface area contributed by atoms with Gasteiger partial charge in [0, 0.05) is 12.3 Å². The number of pyridine rings is 1. The number of anilines is 1. The molecule has 0 aromatic carbocycles. The Morgan fingerprint density at radius 1 is 1.47 bits per heavy atom. The van der Waals surface area contributed by atoms with Crippen LogP contribution < -0.4 is 10.1 Å². The van der Waals surface area contributed by atoms with Crippen LogP contribution in [-0.4, -0.2) is 16.7 Å². The lowest BCUT2D eigenvalue weighted by Crippen LogP contribution is -2.04. The number of nitrogens with one attached hydrogen (secondary N) is 1. The quantitative estimate of drug-likeness (QED) is 0.859. The van der Waals surface area contributed by atoms with Crippen molar-refractivity contribution >= 4 is 5.82 Å². The van der Waals surface area contributed by atoms with E-state index in [0.29, 0.717) is 13.2 Å². The van der Waals surface area contributed by atoms with Gasteiger partial charge >= 0.3 is 0 Å². The van der Waals surface area contributed by atoms with E-state index in [4.69, 9.17) is 9.26 Å². The van der Waals surface area contributed by atoms with E-state index in [1.165, 1.54) is 0 Å². The molecule has 0 aliphatic heterocycles. The molecule has 2 aromatic heterocycles. The Morgan fingerprint density at radius 2 is 2.35 bits per heavy atom. The second kappa shape index (κ2) is 5.34. The second-order valence-corrected chi connectivity index (χ2v) is 3.57. The largest absolute Gasteiger partial charge is 0.490 e. The maximum atomic E-state index is 5.46. The van der Waals surface area contributed by atoms with Crippen molar-refractivity contribution in [3.8, 4) is 5.75 Å². The highest BCUT2D eigenvalue weighted by Crippen LogP contribution is 2.21. The average molecular weight is 233 g/mol. The van der Waals surface area contributed by atoms with Crippen LogP contribution in [0.5, 0.6) is 5.75 Å². The molecule has 0 radical (unpaired) electrons. The number of aryl methyl sites for hydroxylation is 1. The van der Waals surface area contributed by atoms with Gasteiger partial charge in [-0.3, -0.25) is 0 Å². The molecule has 0 aliphatic rings. The minimum atomic E-state index is 0.564. The summed E-state index contributed by atoms with van der Waals surface area (Å²) in [5.74, 6) is 2.26. The zero-order chi connectivity index (χ0) is 12.1. The molecule has 2 rings (SSSR count). The number of aromatic nitrogens is 2.